The van der Waals surface area contributed by atoms with Gasteiger partial charge in [0.05, 0.1) is 22.1 Å². The smallest absolute Gasteiger partial charge is 0.0619 e. The van der Waals surface area contributed by atoms with Crippen LogP contribution in [0.25, 0.3) is 132 Å². The van der Waals surface area contributed by atoms with Crippen molar-refractivity contribution < 1.29 is 0 Å². The monoisotopic (exact) mass is 784 g/mol. The lowest BCUT2D eigenvalue weighted by molar-refractivity contribution is 1.18. The number of aromatic nitrogens is 2. The van der Waals surface area contributed by atoms with Crippen LogP contribution in [0.15, 0.2) is 218 Å². The van der Waals surface area contributed by atoms with Crippen molar-refractivity contribution >= 4 is 75.9 Å². The molecule has 0 atom stereocenters. The molecule has 0 radical (unpaired) electrons. The SMILES string of the molecule is c1ccc(-n2c3ccccc3c3cc(-c4ccc5c6ccc7ccccc7c6n(-c6ccc7cc(-c8ccc9c%10c(cccc8%10)-c8ccccc8-9)ccc7c6)c5c4)ccc32)cc1. The zero-order valence-electron chi connectivity index (χ0n) is 33.7. The molecule has 0 saturated carbocycles. The molecule has 0 unspecified atom stereocenters. The Labute approximate surface area is 357 Å². The molecule has 11 aromatic carbocycles. The Balaban J connectivity index is 0.940. The minimum absolute atomic E-state index is 1.16. The summed E-state index contributed by atoms with van der Waals surface area (Å²) >= 11 is 0. The lowest BCUT2D eigenvalue weighted by Gasteiger charge is -2.13. The summed E-state index contributed by atoms with van der Waals surface area (Å²) in [5.41, 5.74) is 17.4. The Bertz CT molecular complexity index is 4000. The van der Waals surface area contributed by atoms with Crippen LogP contribution in [0, 0.1) is 0 Å². The van der Waals surface area contributed by atoms with Crippen molar-refractivity contribution in [2.24, 2.45) is 0 Å². The van der Waals surface area contributed by atoms with Gasteiger partial charge in [0.2, 0.25) is 0 Å². The second-order valence-electron chi connectivity index (χ2n) is 16.9. The number of rotatable bonds is 4. The Hall–Kier alpha value is -8.20. The van der Waals surface area contributed by atoms with Gasteiger partial charge in [-0.2, -0.15) is 0 Å². The summed E-state index contributed by atoms with van der Waals surface area (Å²) in [6.07, 6.45) is 0. The van der Waals surface area contributed by atoms with Crippen molar-refractivity contribution in [1.29, 1.82) is 0 Å². The van der Waals surface area contributed by atoms with Gasteiger partial charge in [0.15, 0.2) is 0 Å². The number of para-hydroxylation sites is 2. The number of nitrogens with zero attached hydrogens (tertiary/aromatic N) is 2. The minimum Gasteiger partial charge on any atom is -0.309 e. The first-order valence-electron chi connectivity index (χ1n) is 21.5. The highest BCUT2D eigenvalue weighted by Gasteiger charge is 2.23. The van der Waals surface area contributed by atoms with Crippen LogP contribution in [0.1, 0.15) is 0 Å². The minimum atomic E-state index is 1.16. The van der Waals surface area contributed by atoms with E-state index in [1.807, 2.05) is 0 Å². The van der Waals surface area contributed by atoms with Gasteiger partial charge in [-0.25, -0.2) is 0 Å². The van der Waals surface area contributed by atoms with E-state index in [2.05, 4.69) is 228 Å². The zero-order valence-corrected chi connectivity index (χ0v) is 33.7. The summed E-state index contributed by atoms with van der Waals surface area (Å²) in [4.78, 5) is 0. The quantitative estimate of drug-likeness (QED) is 0.168. The summed E-state index contributed by atoms with van der Waals surface area (Å²) in [5.74, 6) is 0. The molecule has 0 bridgehead atoms. The molecule has 0 fully saturated rings. The molecule has 1 aliphatic carbocycles. The molecule has 0 aliphatic heterocycles. The molecule has 286 valence electrons. The molecular weight excluding hydrogens is 749 g/mol. The van der Waals surface area contributed by atoms with Crippen molar-refractivity contribution in [1.82, 2.24) is 9.13 Å². The maximum atomic E-state index is 2.50. The van der Waals surface area contributed by atoms with Gasteiger partial charge in [-0.05, 0) is 126 Å². The van der Waals surface area contributed by atoms with Crippen LogP contribution in [0.5, 0.6) is 0 Å². The third-order valence-corrected chi connectivity index (χ3v) is 13.6. The molecule has 14 rings (SSSR count). The van der Waals surface area contributed by atoms with Crippen LogP contribution in [0.3, 0.4) is 0 Å². The van der Waals surface area contributed by atoms with E-state index in [0.717, 1.165) is 5.69 Å². The largest absolute Gasteiger partial charge is 0.309 e. The zero-order chi connectivity index (χ0) is 40.5. The van der Waals surface area contributed by atoms with Gasteiger partial charge < -0.3 is 9.13 Å². The van der Waals surface area contributed by atoms with Crippen LogP contribution in [-0.2, 0) is 0 Å². The van der Waals surface area contributed by atoms with Gasteiger partial charge in [-0.15, -0.1) is 0 Å². The van der Waals surface area contributed by atoms with E-state index in [9.17, 15) is 0 Å². The Kier molecular flexibility index (Phi) is 6.86. The number of hydrogen-bond donors (Lipinski definition) is 0. The highest BCUT2D eigenvalue weighted by Crippen LogP contribution is 2.49. The highest BCUT2D eigenvalue weighted by atomic mass is 15.0. The summed E-state index contributed by atoms with van der Waals surface area (Å²) in [7, 11) is 0. The Morgan fingerprint density at radius 1 is 0.242 bits per heavy atom. The molecule has 2 nitrogen and oxygen atoms in total. The molecule has 2 heterocycles. The van der Waals surface area contributed by atoms with Gasteiger partial charge >= 0.3 is 0 Å². The van der Waals surface area contributed by atoms with Crippen molar-refractivity contribution in [2.75, 3.05) is 0 Å². The van der Waals surface area contributed by atoms with Crippen molar-refractivity contribution in [2.45, 2.75) is 0 Å². The van der Waals surface area contributed by atoms with Crippen molar-refractivity contribution in [3.8, 4) is 55.9 Å². The number of hydrogen-bond acceptors (Lipinski definition) is 0. The van der Waals surface area contributed by atoms with E-state index in [1.165, 1.54) is 126 Å². The van der Waals surface area contributed by atoms with E-state index < -0.39 is 0 Å². The maximum absolute atomic E-state index is 2.50. The van der Waals surface area contributed by atoms with Crippen molar-refractivity contribution in [3.63, 3.8) is 0 Å². The van der Waals surface area contributed by atoms with E-state index in [0.29, 0.717) is 0 Å². The topological polar surface area (TPSA) is 9.86 Å². The van der Waals surface area contributed by atoms with E-state index in [4.69, 9.17) is 0 Å². The Morgan fingerprint density at radius 3 is 1.76 bits per heavy atom. The van der Waals surface area contributed by atoms with Gasteiger partial charge in [0, 0.05) is 38.3 Å². The van der Waals surface area contributed by atoms with Crippen molar-refractivity contribution in [3.05, 3.63) is 218 Å². The average molecular weight is 785 g/mol. The first-order valence-corrected chi connectivity index (χ1v) is 21.5. The van der Waals surface area contributed by atoms with E-state index in [1.54, 1.807) is 0 Å². The average Bonchev–Trinajstić information content (AvgIpc) is 3.98. The molecular formula is C60H36N2. The molecule has 2 aromatic heterocycles. The first-order chi connectivity index (χ1) is 30.7. The van der Waals surface area contributed by atoms with E-state index in [-0.39, 0.29) is 0 Å². The molecule has 1 aliphatic rings. The molecule has 2 heteroatoms. The number of benzene rings is 11. The fourth-order valence-corrected chi connectivity index (χ4v) is 10.8. The van der Waals surface area contributed by atoms with Gasteiger partial charge in [0.25, 0.3) is 0 Å². The summed E-state index contributed by atoms with van der Waals surface area (Å²) < 4.78 is 4.89. The van der Waals surface area contributed by atoms with Crippen LogP contribution in [0.4, 0.5) is 0 Å². The lowest BCUT2D eigenvalue weighted by atomic mass is 9.93. The van der Waals surface area contributed by atoms with Crippen LogP contribution in [-0.4, -0.2) is 9.13 Å². The third-order valence-electron chi connectivity index (χ3n) is 13.6. The summed E-state index contributed by atoms with van der Waals surface area (Å²) in [6.45, 7) is 0. The maximum Gasteiger partial charge on any atom is 0.0619 e. The summed E-state index contributed by atoms with van der Waals surface area (Å²) in [5, 5.41) is 12.6. The first kappa shape index (κ1) is 33.6. The highest BCUT2D eigenvalue weighted by molar-refractivity contribution is 6.21. The molecule has 0 N–H and O–H groups in total. The second-order valence-corrected chi connectivity index (χ2v) is 16.9. The second kappa shape index (κ2) is 12.7. The van der Waals surface area contributed by atoms with E-state index >= 15 is 0 Å². The van der Waals surface area contributed by atoms with Gasteiger partial charge in [-0.3, -0.25) is 0 Å². The lowest BCUT2D eigenvalue weighted by Crippen LogP contribution is -1.95. The Morgan fingerprint density at radius 2 is 0.855 bits per heavy atom. The van der Waals surface area contributed by atoms with Crippen LogP contribution < -0.4 is 0 Å². The van der Waals surface area contributed by atoms with Crippen LogP contribution in [0.2, 0.25) is 0 Å². The molecule has 62 heavy (non-hydrogen) atoms. The molecule has 0 saturated heterocycles. The fraction of sp³-hybridized carbons (Fsp3) is 0. The summed E-state index contributed by atoms with van der Waals surface area (Å²) in [6, 6.07) is 81.1. The van der Waals surface area contributed by atoms with Gasteiger partial charge in [-0.1, -0.05) is 164 Å². The predicted molar refractivity (Wildman–Crippen MR) is 263 cm³/mol. The molecule has 0 amide bonds. The normalized spacial score (nSPS) is 12.2. The number of fused-ring (bicyclic) bond motifs is 12. The molecule has 13 aromatic rings. The standard InChI is InChI=1S/C60H36N2/c1-2-12-43(13-3-1)61-56-20-9-8-17-49(56)55-35-40(26-32-57(55)61)41-25-28-50-54-29-24-37-11-4-5-14-46(37)60(54)62(58(50)36-41)44-27-23-38-33-42(22-21-39(38)34-44)45-30-31-53-48-16-7-6-15-47(48)52-19-10-18-51(45)59(52)53/h1-36H. The molecule has 0 spiro atoms. The van der Waals surface area contributed by atoms with Crippen LogP contribution >= 0.6 is 0 Å². The third kappa shape index (κ3) is 4.69. The van der Waals surface area contributed by atoms with Gasteiger partial charge in [0.1, 0.15) is 0 Å². The predicted octanol–water partition coefficient (Wildman–Crippen LogP) is 16.3. The fourth-order valence-electron chi connectivity index (χ4n) is 10.8.